The number of amides is 2. The van der Waals surface area contributed by atoms with Crippen molar-refractivity contribution in [1.29, 1.82) is 0 Å². The monoisotopic (exact) mass is 259 g/mol. The summed E-state index contributed by atoms with van der Waals surface area (Å²) in [5, 5.41) is 11.6. The third-order valence-electron chi connectivity index (χ3n) is 2.71. The molecule has 0 radical (unpaired) electrons. The number of hydrogen-bond donors (Lipinski definition) is 2. The second-order valence-corrected chi connectivity index (χ2v) is 5.43. The van der Waals surface area contributed by atoms with Crippen LogP contribution < -0.4 is 5.32 Å². The Hall–Kier alpha value is -1.30. The molecule has 2 amide bonds. The number of carboxylic acid groups (broad SMARTS) is 1. The van der Waals surface area contributed by atoms with Gasteiger partial charge >= 0.3 is 12.0 Å². The highest BCUT2D eigenvalue weighted by Gasteiger charge is 2.27. The van der Waals surface area contributed by atoms with Gasteiger partial charge in [0, 0.05) is 20.1 Å². The van der Waals surface area contributed by atoms with E-state index in [-0.39, 0.29) is 12.6 Å². The maximum Gasteiger partial charge on any atom is 0.317 e. The average molecular weight is 259 g/mol. The molecule has 0 aromatic rings. The summed E-state index contributed by atoms with van der Waals surface area (Å²) < 4.78 is 0. The van der Waals surface area contributed by atoms with Crippen LogP contribution in [0.4, 0.5) is 4.79 Å². The quantitative estimate of drug-likeness (QED) is 0.705. The number of carbonyl (C=O) groups is 2. The number of urea groups is 1. The van der Waals surface area contributed by atoms with E-state index in [2.05, 4.69) is 10.2 Å². The van der Waals surface area contributed by atoms with Crippen molar-refractivity contribution in [3.8, 4) is 0 Å². The summed E-state index contributed by atoms with van der Waals surface area (Å²) in [7, 11) is 5.67. The fourth-order valence-electron chi connectivity index (χ4n) is 1.23. The Kier molecular flexibility index (Phi) is 6.68. The van der Waals surface area contributed by atoms with Crippen molar-refractivity contribution >= 4 is 12.0 Å². The lowest BCUT2D eigenvalue weighted by Gasteiger charge is -2.23. The van der Waals surface area contributed by atoms with Gasteiger partial charge in [0.1, 0.15) is 0 Å². The molecule has 0 atom stereocenters. The normalized spacial score (nSPS) is 11.4. The van der Waals surface area contributed by atoms with Crippen LogP contribution in [0.2, 0.25) is 0 Å². The minimum atomic E-state index is -0.944. The molecular formula is C12H25N3O3. The SMILES string of the molecule is CN(C)CCCN(C)C(=O)NCC(C)(C)C(=O)O. The van der Waals surface area contributed by atoms with E-state index in [9.17, 15) is 9.59 Å². The molecular weight excluding hydrogens is 234 g/mol. The number of rotatable bonds is 7. The van der Waals surface area contributed by atoms with E-state index in [1.807, 2.05) is 14.1 Å². The Balaban J connectivity index is 3.98. The van der Waals surface area contributed by atoms with Gasteiger partial charge in [0.15, 0.2) is 0 Å². The fraction of sp³-hybridized carbons (Fsp3) is 0.833. The maximum absolute atomic E-state index is 11.7. The summed E-state index contributed by atoms with van der Waals surface area (Å²) in [5.41, 5.74) is -0.944. The number of carboxylic acids is 1. The minimum absolute atomic E-state index is 0.124. The fourth-order valence-corrected chi connectivity index (χ4v) is 1.23. The number of aliphatic carboxylic acids is 1. The number of nitrogens with one attached hydrogen (secondary N) is 1. The lowest BCUT2D eigenvalue weighted by Crippen LogP contribution is -2.44. The molecule has 0 aliphatic rings. The molecule has 0 unspecified atom stereocenters. The van der Waals surface area contributed by atoms with Gasteiger partial charge in [-0.2, -0.15) is 0 Å². The molecule has 0 spiro atoms. The van der Waals surface area contributed by atoms with Gasteiger partial charge in [0.05, 0.1) is 5.41 Å². The van der Waals surface area contributed by atoms with Crippen molar-refractivity contribution in [2.24, 2.45) is 5.41 Å². The smallest absolute Gasteiger partial charge is 0.317 e. The molecule has 0 aliphatic carbocycles. The number of hydrogen-bond acceptors (Lipinski definition) is 3. The molecule has 0 saturated carbocycles. The highest BCUT2D eigenvalue weighted by Crippen LogP contribution is 2.13. The van der Waals surface area contributed by atoms with Crippen LogP contribution >= 0.6 is 0 Å². The third kappa shape index (κ3) is 6.44. The lowest BCUT2D eigenvalue weighted by atomic mass is 9.94. The molecule has 0 heterocycles. The first-order valence-electron chi connectivity index (χ1n) is 6.04. The lowest BCUT2D eigenvalue weighted by molar-refractivity contribution is -0.146. The summed E-state index contributed by atoms with van der Waals surface area (Å²) in [6.45, 7) is 4.86. The first-order valence-corrected chi connectivity index (χ1v) is 6.04. The van der Waals surface area contributed by atoms with E-state index in [0.29, 0.717) is 6.54 Å². The molecule has 18 heavy (non-hydrogen) atoms. The molecule has 6 nitrogen and oxygen atoms in total. The van der Waals surface area contributed by atoms with Crippen molar-refractivity contribution in [2.75, 3.05) is 40.8 Å². The zero-order valence-corrected chi connectivity index (χ0v) is 12.0. The van der Waals surface area contributed by atoms with E-state index in [1.54, 1.807) is 25.8 Å². The molecule has 0 aromatic carbocycles. The molecule has 0 fully saturated rings. The summed E-state index contributed by atoms with van der Waals surface area (Å²) >= 11 is 0. The van der Waals surface area contributed by atoms with E-state index < -0.39 is 11.4 Å². The van der Waals surface area contributed by atoms with Crippen LogP contribution in [0.5, 0.6) is 0 Å². The molecule has 106 valence electrons. The Morgan fingerprint density at radius 3 is 2.17 bits per heavy atom. The summed E-state index contributed by atoms with van der Waals surface area (Å²) in [6, 6.07) is -0.233. The van der Waals surface area contributed by atoms with Crippen LogP contribution in [0, 0.1) is 5.41 Å². The van der Waals surface area contributed by atoms with Gasteiger partial charge in [-0.1, -0.05) is 0 Å². The molecule has 0 saturated heterocycles. The van der Waals surface area contributed by atoms with Crippen LogP contribution in [0.25, 0.3) is 0 Å². The molecule has 2 N–H and O–H groups in total. The van der Waals surface area contributed by atoms with Gasteiger partial charge in [-0.25, -0.2) is 4.79 Å². The van der Waals surface area contributed by atoms with Gasteiger partial charge in [0.25, 0.3) is 0 Å². The van der Waals surface area contributed by atoms with Crippen molar-refractivity contribution in [1.82, 2.24) is 15.1 Å². The highest BCUT2D eigenvalue weighted by atomic mass is 16.4. The predicted molar refractivity (Wildman–Crippen MR) is 70.6 cm³/mol. The van der Waals surface area contributed by atoms with Crippen molar-refractivity contribution < 1.29 is 14.7 Å². The Labute approximate surface area is 109 Å². The van der Waals surface area contributed by atoms with E-state index in [1.165, 1.54) is 0 Å². The third-order valence-corrected chi connectivity index (χ3v) is 2.71. The predicted octanol–water partition coefficient (Wildman–Crippen LogP) is 0.690. The number of nitrogens with zero attached hydrogens (tertiary/aromatic N) is 2. The average Bonchev–Trinajstić information content (AvgIpc) is 2.25. The molecule has 6 heteroatoms. The second-order valence-electron chi connectivity index (χ2n) is 5.43. The van der Waals surface area contributed by atoms with Crippen molar-refractivity contribution in [3.63, 3.8) is 0 Å². The Morgan fingerprint density at radius 1 is 1.17 bits per heavy atom. The van der Waals surface area contributed by atoms with Crippen LogP contribution in [-0.2, 0) is 4.79 Å². The van der Waals surface area contributed by atoms with E-state index >= 15 is 0 Å². The van der Waals surface area contributed by atoms with Gasteiger partial charge < -0.3 is 20.2 Å². The van der Waals surface area contributed by atoms with Gasteiger partial charge in [-0.3, -0.25) is 4.79 Å². The summed E-state index contributed by atoms with van der Waals surface area (Å²) in [6.07, 6.45) is 0.888. The van der Waals surface area contributed by atoms with Crippen LogP contribution in [-0.4, -0.2) is 67.7 Å². The highest BCUT2D eigenvalue weighted by molar-refractivity contribution is 5.77. The van der Waals surface area contributed by atoms with E-state index in [0.717, 1.165) is 13.0 Å². The van der Waals surface area contributed by atoms with E-state index in [4.69, 9.17) is 5.11 Å². The first-order chi connectivity index (χ1) is 8.16. The summed E-state index contributed by atoms with van der Waals surface area (Å²) in [5.74, 6) is -0.918. The van der Waals surface area contributed by atoms with Gasteiger partial charge in [-0.05, 0) is 40.9 Å². The van der Waals surface area contributed by atoms with Crippen molar-refractivity contribution in [2.45, 2.75) is 20.3 Å². The zero-order chi connectivity index (χ0) is 14.3. The Morgan fingerprint density at radius 2 is 1.72 bits per heavy atom. The topological polar surface area (TPSA) is 72.9 Å². The Bertz CT molecular complexity index is 290. The molecule has 0 rings (SSSR count). The van der Waals surface area contributed by atoms with Gasteiger partial charge in [-0.15, -0.1) is 0 Å². The minimum Gasteiger partial charge on any atom is -0.481 e. The largest absolute Gasteiger partial charge is 0.481 e. The van der Waals surface area contributed by atoms with Crippen LogP contribution in [0.3, 0.4) is 0 Å². The molecule has 0 aliphatic heterocycles. The van der Waals surface area contributed by atoms with Crippen LogP contribution in [0.15, 0.2) is 0 Å². The number of carbonyl (C=O) groups excluding carboxylic acids is 1. The van der Waals surface area contributed by atoms with Crippen molar-refractivity contribution in [3.05, 3.63) is 0 Å². The summed E-state index contributed by atoms with van der Waals surface area (Å²) in [4.78, 5) is 26.2. The van der Waals surface area contributed by atoms with Gasteiger partial charge in [0.2, 0.25) is 0 Å². The van der Waals surface area contributed by atoms with Crippen LogP contribution in [0.1, 0.15) is 20.3 Å². The molecule has 0 bridgehead atoms. The standard InChI is InChI=1S/C12H25N3O3/c1-12(2,10(16)17)9-13-11(18)15(5)8-6-7-14(3)4/h6-9H2,1-5H3,(H,13,18)(H,16,17). The first kappa shape index (κ1) is 16.7. The molecule has 0 aromatic heterocycles. The maximum atomic E-state index is 11.7. The second kappa shape index (κ2) is 7.20. The zero-order valence-electron chi connectivity index (χ0n) is 12.0.